The van der Waals surface area contributed by atoms with E-state index < -0.39 is 5.97 Å². The lowest BCUT2D eigenvalue weighted by molar-refractivity contribution is -0.135. The smallest absolute Gasteiger partial charge is 0.317 e. The van der Waals surface area contributed by atoms with Gasteiger partial charge in [-0.2, -0.15) is 0 Å². The van der Waals surface area contributed by atoms with Crippen molar-refractivity contribution < 1.29 is 9.90 Å². The molecule has 0 fully saturated rings. The lowest BCUT2D eigenvalue weighted by Gasteiger charge is -2.08. The minimum atomic E-state index is -0.817. The van der Waals surface area contributed by atoms with E-state index in [4.69, 9.17) is 5.11 Å². The molecule has 0 bridgehead atoms. The van der Waals surface area contributed by atoms with E-state index >= 15 is 0 Å². The first-order valence-corrected chi connectivity index (χ1v) is 5.23. The topological polar surface area (TPSA) is 49.3 Å². The molecule has 0 atom stereocenters. The second-order valence-corrected chi connectivity index (χ2v) is 3.52. The summed E-state index contributed by atoms with van der Waals surface area (Å²) in [5.41, 5.74) is 2.50. The fraction of sp³-hybridized carbons (Fsp3) is 0.417. The highest BCUT2D eigenvalue weighted by Gasteiger charge is 2.01. The highest BCUT2D eigenvalue weighted by Crippen LogP contribution is 2.10. The number of hydrogen-bond acceptors (Lipinski definition) is 2. The van der Waals surface area contributed by atoms with Gasteiger partial charge in [0.25, 0.3) is 0 Å². The number of aliphatic carboxylic acids is 1. The normalized spacial score (nSPS) is 10.2. The zero-order chi connectivity index (χ0) is 11.1. The maximum Gasteiger partial charge on any atom is 0.317 e. The van der Waals surface area contributed by atoms with Crippen LogP contribution >= 0.6 is 0 Å². The molecule has 2 N–H and O–H groups in total. The maximum absolute atomic E-state index is 10.3. The predicted octanol–water partition coefficient (Wildman–Crippen LogP) is 1.81. The molecule has 0 heterocycles. The van der Waals surface area contributed by atoms with Gasteiger partial charge in [-0.15, -0.1) is 0 Å². The van der Waals surface area contributed by atoms with Crippen LogP contribution in [-0.4, -0.2) is 17.6 Å². The van der Waals surface area contributed by atoms with Crippen LogP contribution in [0, 0.1) is 0 Å². The summed E-state index contributed by atoms with van der Waals surface area (Å²) in [6.07, 6.45) is 2.15. The van der Waals surface area contributed by atoms with Gasteiger partial charge in [0.05, 0.1) is 6.54 Å². The van der Waals surface area contributed by atoms with Crippen LogP contribution in [-0.2, 0) is 17.8 Å². The minimum absolute atomic E-state index is 0.0143. The van der Waals surface area contributed by atoms with Crippen molar-refractivity contribution in [3.8, 4) is 0 Å². The van der Waals surface area contributed by atoms with E-state index in [0.717, 1.165) is 12.8 Å². The first kappa shape index (κ1) is 11.7. The summed E-state index contributed by atoms with van der Waals surface area (Å²) in [6.45, 7) is 2.78. The number of hydrogen-bond donors (Lipinski definition) is 2. The number of carboxylic acids is 1. The molecule has 0 aliphatic rings. The van der Waals surface area contributed by atoms with Gasteiger partial charge in [-0.05, 0) is 17.5 Å². The minimum Gasteiger partial charge on any atom is -0.480 e. The van der Waals surface area contributed by atoms with Gasteiger partial charge >= 0.3 is 5.97 Å². The number of benzene rings is 1. The molecular weight excluding hydrogens is 190 g/mol. The van der Waals surface area contributed by atoms with Crippen molar-refractivity contribution in [3.63, 3.8) is 0 Å². The number of carbonyl (C=O) groups is 1. The second kappa shape index (κ2) is 6.19. The fourth-order valence-electron chi connectivity index (χ4n) is 1.55. The number of nitrogens with one attached hydrogen (secondary N) is 1. The lowest BCUT2D eigenvalue weighted by Crippen LogP contribution is -2.22. The summed E-state index contributed by atoms with van der Waals surface area (Å²) in [6, 6.07) is 8.14. The van der Waals surface area contributed by atoms with Crippen molar-refractivity contribution in [1.29, 1.82) is 0 Å². The van der Waals surface area contributed by atoms with Gasteiger partial charge in [-0.25, -0.2) is 0 Å². The summed E-state index contributed by atoms with van der Waals surface area (Å²) in [5.74, 6) is -0.817. The first-order valence-electron chi connectivity index (χ1n) is 5.23. The van der Waals surface area contributed by atoms with Crippen molar-refractivity contribution in [2.75, 3.05) is 6.54 Å². The van der Waals surface area contributed by atoms with Crippen molar-refractivity contribution >= 4 is 5.97 Å². The van der Waals surface area contributed by atoms with Crippen LogP contribution in [0.15, 0.2) is 24.3 Å². The molecule has 0 aliphatic heterocycles. The Bertz CT molecular complexity index is 323. The van der Waals surface area contributed by atoms with Gasteiger partial charge in [0.2, 0.25) is 0 Å². The SMILES string of the molecule is CCCc1ccccc1CNCC(=O)O. The Balaban J connectivity index is 2.55. The molecule has 0 amide bonds. The van der Waals surface area contributed by atoms with Crippen LogP contribution in [0.1, 0.15) is 24.5 Å². The van der Waals surface area contributed by atoms with Crippen LogP contribution in [0.25, 0.3) is 0 Å². The zero-order valence-electron chi connectivity index (χ0n) is 8.99. The molecule has 0 saturated heterocycles. The molecule has 0 radical (unpaired) electrons. The predicted molar refractivity (Wildman–Crippen MR) is 59.8 cm³/mol. The Morgan fingerprint density at radius 2 is 2.00 bits per heavy atom. The molecule has 0 saturated carbocycles. The zero-order valence-corrected chi connectivity index (χ0v) is 8.99. The van der Waals surface area contributed by atoms with Crippen molar-refractivity contribution in [1.82, 2.24) is 5.32 Å². The van der Waals surface area contributed by atoms with Crippen molar-refractivity contribution in [2.24, 2.45) is 0 Å². The van der Waals surface area contributed by atoms with E-state index in [9.17, 15) is 4.79 Å². The first-order chi connectivity index (χ1) is 7.24. The van der Waals surface area contributed by atoms with Crippen LogP contribution < -0.4 is 5.32 Å². The Morgan fingerprint density at radius 3 is 2.60 bits per heavy atom. The number of carboxylic acid groups (broad SMARTS) is 1. The molecule has 82 valence electrons. The highest BCUT2D eigenvalue weighted by molar-refractivity contribution is 5.69. The molecule has 3 heteroatoms. The lowest BCUT2D eigenvalue weighted by atomic mass is 10.0. The second-order valence-electron chi connectivity index (χ2n) is 3.52. The van der Waals surface area contributed by atoms with E-state index in [1.165, 1.54) is 11.1 Å². The summed E-state index contributed by atoms with van der Waals surface area (Å²) in [7, 11) is 0. The van der Waals surface area contributed by atoms with Crippen LogP contribution in [0.5, 0.6) is 0 Å². The molecule has 0 unspecified atom stereocenters. The fourth-order valence-corrected chi connectivity index (χ4v) is 1.55. The average Bonchev–Trinajstić information content (AvgIpc) is 2.20. The molecule has 0 aliphatic carbocycles. The van der Waals surface area contributed by atoms with Gasteiger partial charge in [0.15, 0.2) is 0 Å². The molecular formula is C12H17NO2. The molecule has 1 rings (SSSR count). The Hall–Kier alpha value is -1.35. The van der Waals surface area contributed by atoms with Crippen molar-refractivity contribution in [3.05, 3.63) is 35.4 Å². The van der Waals surface area contributed by atoms with Gasteiger partial charge in [-0.1, -0.05) is 37.6 Å². The Kier molecular flexibility index (Phi) is 4.84. The molecule has 3 nitrogen and oxygen atoms in total. The Morgan fingerprint density at radius 1 is 1.33 bits per heavy atom. The number of rotatable bonds is 6. The summed E-state index contributed by atoms with van der Waals surface area (Å²) in [4.78, 5) is 10.3. The third-order valence-corrected chi connectivity index (χ3v) is 2.23. The van der Waals surface area contributed by atoms with Gasteiger partial charge in [-0.3, -0.25) is 4.79 Å². The van der Waals surface area contributed by atoms with E-state index in [-0.39, 0.29) is 6.54 Å². The average molecular weight is 207 g/mol. The molecule has 1 aromatic carbocycles. The van der Waals surface area contributed by atoms with E-state index in [0.29, 0.717) is 6.54 Å². The van der Waals surface area contributed by atoms with Gasteiger partial charge in [0.1, 0.15) is 0 Å². The van der Waals surface area contributed by atoms with E-state index in [1.54, 1.807) is 0 Å². The van der Waals surface area contributed by atoms with Gasteiger partial charge < -0.3 is 10.4 Å². The van der Waals surface area contributed by atoms with E-state index in [2.05, 4.69) is 18.3 Å². The van der Waals surface area contributed by atoms with E-state index in [1.807, 2.05) is 18.2 Å². The van der Waals surface area contributed by atoms with Crippen LogP contribution in [0.3, 0.4) is 0 Å². The summed E-state index contributed by atoms with van der Waals surface area (Å²) >= 11 is 0. The summed E-state index contributed by atoms with van der Waals surface area (Å²) < 4.78 is 0. The quantitative estimate of drug-likeness (QED) is 0.748. The molecule has 0 spiro atoms. The maximum atomic E-state index is 10.3. The molecule has 15 heavy (non-hydrogen) atoms. The largest absolute Gasteiger partial charge is 0.480 e. The van der Waals surface area contributed by atoms with Gasteiger partial charge in [0, 0.05) is 6.54 Å². The highest BCUT2D eigenvalue weighted by atomic mass is 16.4. The Labute approximate surface area is 90.1 Å². The monoisotopic (exact) mass is 207 g/mol. The molecule has 0 aromatic heterocycles. The third-order valence-electron chi connectivity index (χ3n) is 2.23. The third kappa shape index (κ3) is 4.13. The van der Waals surface area contributed by atoms with Crippen LogP contribution in [0.2, 0.25) is 0 Å². The standard InChI is InChI=1S/C12H17NO2/c1-2-5-10-6-3-4-7-11(10)8-13-9-12(14)15/h3-4,6-7,13H,2,5,8-9H2,1H3,(H,14,15). The van der Waals surface area contributed by atoms with Crippen molar-refractivity contribution in [2.45, 2.75) is 26.3 Å². The number of aryl methyl sites for hydroxylation is 1. The molecule has 1 aromatic rings. The summed E-state index contributed by atoms with van der Waals surface area (Å²) in [5, 5.41) is 11.4. The van der Waals surface area contributed by atoms with Crippen LogP contribution in [0.4, 0.5) is 0 Å².